The molecule has 0 aliphatic carbocycles. The Bertz CT molecular complexity index is 1850. The molecule has 0 amide bonds. The Morgan fingerprint density at radius 2 is 2.00 bits per heavy atom. The number of esters is 1. The SMILES string of the molecule is CCOC(=O)C1=C(C)N=c2s/c(=C\c3ccc(-c4cc([N+](=O)[O-])ccc4C)o3)c(=O)n2C1c1ccccc1Cl. The molecule has 0 spiro atoms. The Hall–Kier alpha value is -4.28. The summed E-state index contributed by atoms with van der Waals surface area (Å²) >= 11 is 7.69. The summed E-state index contributed by atoms with van der Waals surface area (Å²) in [4.78, 5) is 42.5. The summed E-state index contributed by atoms with van der Waals surface area (Å²) in [5.74, 6) is 0.252. The van der Waals surface area contributed by atoms with E-state index in [0.717, 1.165) is 16.9 Å². The third-order valence-electron chi connectivity index (χ3n) is 6.31. The molecule has 0 radical (unpaired) electrons. The summed E-state index contributed by atoms with van der Waals surface area (Å²) in [6.45, 7) is 5.41. The van der Waals surface area contributed by atoms with E-state index in [9.17, 15) is 19.7 Å². The van der Waals surface area contributed by atoms with Gasteiger partial charge in [0.2, 0.25) is 0 Å². The van der Waals surface area contributed by atoms with E-state index in [4.69, 9.17) is 20.8 Å². The molecule has 9 nitrogen and oxygen atoms in total. The second kappa shape index (κ2) is 10.5. The zero-order valence-electron chi connectivity index (χ0n) is 21.1. The molecule has 1 atom stereocenters. The molecule has 0 saturated carbocycles. The minimum atomic E-state index is -0.823. The van der Waals surface area contributed by atoms with Crippen molar-refractivity contribution in [1.29, 1.82) is 0 Å². The lowest BCUT2D eigenvalue weighted by atomic mass is 9.96. The zero-order chi connectivity index (χ0) is 27.8. The fourth-order valence-corrected chi connectivity index (χ4v) is 5.74. The second-order valence-corrected chi connectivity index (χ2v) is 10.2. The number of carbonyl (C=O) groups is 1. The van der Waals surface area contributed by atoms with Crippen molar-refractivity contribution in [2.45, 2.75) is 26.8 Å². The number of aromatic nitrogens is 1. The number of nitrogens with zero attached hydrogens (tertiary/aromatic N) is 3. The van der Waals surface area contributed by atoms with Crippen LogP contribution >= 0.6 is 22.9 Å². The van der Waals surface area contributed by atoms with Gasteiger partial charge < -0.3 is 9.15 Å². The van der Waals surface area contributed by atoms with Crippen molar-refractivity contribution < 1.29 is 18.9 Å². The first-order valence-electron chi connectivity index (χ1n) is 12.0. The quantitative estimate of drug-likeness (QED) is 0.186. The van der Waals surface area contributed by atoms with Crippen LogP contribution in [0, 0.1) is 17.0 Å². The van der Waals surface area contributed by atoms with Gasteiger partial charge in [0.25, 0.3) is 11.2 Å². The lowest BCUT2D eigenvalue weighted by Crippen LogP contribution is -2.40. The number of hydrogen-bond donors (Lipinski definition) is 0. The van der Waals surface area contributed by atoms with Crippen LogP contribution in [0.4, 0.5) is 5.69 Å². The van der Waals surface area contributed by atoms with Crippen LogP contribution in [0.5, 0.6) is 0 Å². The highest BCUT2D eigenvalue weighted by atomic mass is 35.5. The molecule has 39 heavy (non-hydrogen) atoms. The molecule has 198 valence electrons. The van der Waals surface area contributed by atoms with Gasteiger partial charge in [-0.15, -0.1) is 0 Å². The van der Waals surface area contributed by atoms with Gasteiger partial charge in [-0.3, -0.25) is 19.5 Å². The monoisotopic (exact) mass is 563 g/mol. The van der Waals surface area contributed by atoms with Crippen LogP contribution < -0.4 is 14.9 Å². The number of rotatable bonds is 6. The first kappa shape index (κ1) is 26.3. The third-order valence-corrected chi connectivity index (χ3v) is 7.64. The number of non-ortho nitro benzene ring substituents is 1. The molecule has 0 bridgehead atoms. The predicted molar refractivity (Wildman–Crippen MR) is 147 cm³/mol. The first-order chi connectivity index (χ1) is 18.7. The summed E-state index contributed by atoms with van der Waals surface area (Å²) in [6, 6.07) is 14.1. The van der Waals surface area contributed by atoms with Gasteiger partial charge in [-0.05, 0) is 50.1 Å². The van der Waals surface area contributed by atoms with E-state index in [2.05, 4.69) is 4.99 Å². The number of nitro benzene ring substituents is 1. The number of aryl methyl sites for hydroxylation is 1. The third kappa shape index (κ3) is 4.84. The molecule has 1 unspecified atom stereocenters. The lowest BCUT2D eigenvalue weighted by Gasteiger charge is -2.25. The van der Waals surface area contributed by atoms with Crippen LogP contribution in [0.2, 0.25) is 5.02 Å². The van der Waals surface area contributed by atoms with E-state index in [1.807, 2.05) is 6.92 Å². The van der Waals surface area contributed by atoms with Gasteiger partial charge in [0, 0.05) is 28.8 Å². The van der Waals surface area contributed by atoms with E-state index < -0.39 is 16.9 Å². The molecule has 0 N–H and O–H groups in total. The van der Waals surface area contributed by atoms with Crippen LogP contribution in [-0.4, -0.2) is 22.1 Å². The fraction of sp³-hybridized carbons (Fsp3) is 0.179. The Morgan fingerprint density at radius 3 is 2.72 bits per heavy atom. The standard InChI is InChI=1S/C28H22ClN3O6S/c1-4-37-27(34)24-16(3)30-28-31(25(24)19-7-5-6-8-21(19)29)26(33)23(39-28)14-18-11-12-22(38-18)20-13-17(32(35)36)10-9-15(20)2/h5-14,25H,4H2,1-3H3/b23-14-. The molecule has 2 aromatic carbocycles. The van der Waals surface area contributed by atoms with Crippen molar-refractivity contribution in [3.63, 3.8) is 0 Å². The molecule has 0 saturated heterocycles. The number of nitro groups is 1. The smallest absolute Gasteiger partial charge is 0.338 e. The molecule has 1 aliphatic rings. The fourth-order valence-electron chi connectivity index (χ4n) is 4.48. The van der Waals surface area contributed by atoms with Gasteiger partial charge in [0.05, 0.1) is 27.3 Å². The number of thiazole rings is 1. The van der Waals surface area contributed by atoms with Crippen LogP contribution in [0.1, 0.15) is 36.8 Å². The molecule has 1 aliphatic heterocycles. The molecule has 3 heterocycles. The largest absolute Gasteiger partial charge is 0.463 e. The van der Waals surface area contributed by atoms with Crippen molar-refractivity contribution in [3.8, 4) is 11.3 Å². The average Bonchev–Trinajstić information content (AvgIpc) is 3.48. The predicted octanol–water partition coefficient (Wildman–Crippen LogP) is 4.93. The van der Waals surface area contributed by atoms with Crippen molar-refractivity contribution in [2.75, 3.05) is 6.61 Å². The minimum Gasteiger partial charge on any atom is -0.463 e. The number of furan rings is 1. The van der Waals surface area contributed by atoms with Crippen LogP contribution in [0.3, 0.4) is 0 Å². The maximum atomic E-state index is 13.7. The summed E-state index contributed by atoms with van der Waals surface area (Å²) in [7, 11) is 0. The molecule has 4 aromatic rings. The highest BCUT2D eigenvalue weighted by molar-refractivity contribution is 7.07. The van der Waals surface area contributed by atoms with Crippen molar-refractivity contribution in [2.24, 2.45) is 4.99 Å². The van der Waals surface area contributed by atoms with E-state index >= 15 is 0 Å². The highest BCUT2D eigenvalue weighted by Crippen LogP contribution is 2.34. The van der Waals surface area contributed by atoms with E-state index in [0.29, 0.717) is 42.7 Å². The number of allylic oxidation sites excluding steroid dienone is 1. The topological polar surface area (TPSA) is 117 Å². The molecular formula is C28H22ClN3O6S. The van der Waals surface area contributed by atoms with Crippen molar-refractivity contribution >= 4 is 40.7 Å². The number of fused-ring (bicyclic) bond motifs is 1. The first-order valence-corrected chi connectivity index (χ1v) is 13.2. The summed E-state index contributed by atoms with van der Waals surface area (Å²) < 4.78 is 13.0. The minimum absolute atomic E-state index is 0.0470. The van der Waals surface area contributed by atoms with Gasteiger partial charge >= 0.3 is 5.97 Å². The zero-order valence-corrected chi connectivity index (χ0v) is 22.7. The van der Waals surface area contributed by atoms with E-state index in [-0.39, 0.29) is 23.4 Å². The van der Waals surface area contributed by atoms with Crippen LogP contribution in [0.15, 0.2) is 80.1 Å². The Balaban J connectivity index is 1.64. The number of halogens is 1. The number of hydrogen-bond acceptors (Lipinski definition) is 8. The summed E-state index contributed by atoms with van der Waals surface area (Å²) in [5.41, 5.74) is 2.22. The Kier molecular flexibility index (Phi) is 7.07. The van der Waals surface area contributed by atoms with Gasteiger partial charge in [0.1, 0.15) is 17.6 Å². The molecule has 0 fully saturated rings. The lowest BCUT2D eigenvalue weighted by molar-refractivity contribution is -0.384. The van der Waals surface area contributed by atoms with Gasteiger partial charge in [-0.25, -0.2) is 9.79 Å². The molecular weight excluding hydrogens is 542 g/mol. The van der Waals surface area contributed by atoms with E-state index in [1.165, 1.54) is 16.7 Å². The number of carbonyl (C=O) groups excluding carboxylic acids is 1. The average molecular weight is 564 g/mol. The van der Waals surface area contributed by atoms with E-state index in [1.54, 1.807) is 62.4 Å². The molecule has 11 heteroatoms. The summed E-state index contributed by atoms with van der Waals surface area (Å²) in [5, 5.41) is 11.6. The normalized spacial score (nSPS) is 15.2. The molecule has 2 aromatic heterocycles. The van der Waals surface area contributed by atoms with Gasteiger partial charge in [-0.2, -0.15) is 0 Å². The maximum absolute atomic E-state index is 13.7. The maximum Gasteiger partial charge on any atom is 0.338 e. The Morgan fingerprint density at radius 1 is 1.23 bits per heavy atom. The molecule has 5 rings (SSSR count). The second-order valence-electron chi connectivity index (χ2n) is 8.78. The Labute approximate surface area is 231 Å². The van der Waals surface area contributed by atoms with Crippen LogP contribution in [0.25, 0.3) is 17.4 Å². The van der Waals surface area contributed by atoms with Crippen molar-refractivity contribution in [1.82, 2.24) is 4.57 Å². The van der Waals surface area contributed by atoms with Crippen LogP contribution in [-0.2, 0) is 9.53 Å². The number of ether oxygens (including phenoxy) is 1. The van der Waals surface area contributed by atoms with Crippen molar-refractivity contribution in [3.05, 3.63) is 118 Å². The van der Waals surface area contributed by atoms with Gasteiger partial charge in [0.15, 0.2) is 4.80 Å². The van der Waals surface area contributed by atoms with Gasteiger partial charge in [-0.1, -0.05) is 47.2 Å². The summed E-state index contributed by atoms with van der Waals surface area (Å²) in [6.07, 6.45) is 1.59. The number of benzene rings is 2. The highest BCUT2D eigenvalue weighted by Gasteiger charge is 2.34.